The highest BCUT2D eigenvalue weighted by atomic mass is 16.4. The fourth-order valence-electron chi connectivity index (χ4n) is 1.74. The van der Waals surface area contributed by atoms with Crippen LogP contribution in [0.4, 0.5) is 11.4 Å². The number of fused-ring (bicyclic) bond motifs is 1. The summed E-state index contributed by atoms with van der Waals surface area (Å²) in [4.78, 5) is 13.6. The maximum Gasteiger partial charge on any atom is 0.417 e. The summed E-state index contributed by atoms with van der Waals surface area (Å²) in [6, 6.07) is 5.22. The molecule has 0 saturated carbocycles. The second-order valence-electron chi connectivity index (χ2n) is 3.89. The monoisotopic (exact) mass is 245 g/mol. The highest BCUT2D eigenvalue weighted by Crippen LogP contribution is 2.24. The SMILES string of the molecule is Nc1cc2oc(=O)[nH]c2cc1NCc1ccn[nH]1. The number of oxazole rings is 1. The molecule has 0 bridgehead atoms. The molecule has 92 valence electrons. The largest absolute Gasteiger partial charge is 0.417 e. The zero-order valence-electron chi connectivity index (χ0n) is 9.36. The molecule has 5 N–H and O–H groups in total. The molecule has 0 fully saturated rings. The first-order valence-corrected chi connectivity index (χ1v) is 5.37. The van der Waals surface area contributed by atoms with Crippen molar-refractivity contribution in [1.29, 1.82) is 0 Å². The first-order valence-electron chi connectivity index (χ1n) is 5.37. The Balaban J connectivity index is 1.91. The number of nitrogens with one attached hydrogen (secondary N) is 3. The summed E-state index contributed by atoms with van der Waals surface area (Å²) < 4.78 is 4.92. The first-order chi connectivity index (χ1) is 8.72. The fraction of sp³-hybridized carbons (Fsp3) is 0.0909. The van der Waals surface area contributed by atoms with Gasteiger partial charge in [0.15, 0.2) is 5.58 Å². The number of hydrogen-bond donors (Lipinski definition) is 4. The number of rotatable bonds is 3. The molecule has 0 spiro atoms. The molecule has 0 saturated heterocycles. The van der Waals surface area contributed by atoms with Gasteiger partial charge < -0.3 is 15.5 Å². The van der Waals surface area contributed by atoms with Gasteiger partial charge in [-0.05, 0) is 12.1 Å². The summed E-state index contributed by atoms with van der Waals surface area (Å²) in [5, 5.41) is 9.85. The van der Waals surface area contributed by atoms with Crippen molar-refractivity contribution >= 4 is 22.5 Å². The second-order valence-corrected chi connectivity index (χ2v) is 3.89. The molecule has 2 heterocycles. The van der Waals surface area contributed by atoms with E-state index in [2.05, 4.69) is 20.5 Å². The molecule has 0 atom stereocenters. The Morgan fingerprint density at radius 1 is 1.44 bits per heavy atom. The third-order valence-electron chi connectivity index (χ3n) is 2.62. The van der Waals surface area contributed by atoms with Crippen LogP contribution >= 0.6 is 0 Å². The van der Waals surface area contributed by atoms with Crippen LogP contribution in [0.1, 0.15) is 5.69 Å². The number of anilines is 2. The highest BCUT2D eigenvalue weighted by Gasteiger charge is 2.06. The number of nitrogen functional groups attached to an aromatic ring is 1. The first kappa shape index (κ1) is 10.5. The maximum absolute atomic E-state index is 11.1. The molecule has 0 unspecified atom stereocenters. The van der Waals surface area contributed by atoms with Crippen LogP contribution in [0.5, 0.6) is 0 Å². The van der Waals surface area contributed by atoms with E-state index in [0.717, 1.165) is 11.4 Å². The number of aromatic nitrogens is 3. The van der Waals surface area contributed by atoms with Crippen LogP contribution in [0.2, 0.25) is 0 Å². The number of benzene rings is 1. The van der Waals surface area contributed by atoms with Gasteiger partial charge in [0.05, 0.1) is 29.1 Å². The van der Waals surface area contributed by atoms with Gasteiger partial charge in [0.1, 0.15) is 0 Å². The number of nitrogens with two attached hydrogens (primary N) is 1. The number of hydrogen-bond acceptors (Lipinski definition) is 5. The minimum Gasteiger partial charge on any atom is -0.408 e. The average Bonchev–Trinajstić information content (AvgIpc) is 2.94. The lowest BCUT2D eigenvalue weighted by Crippen LogP contribution is -2.02. The molecule has 0 aliphatic carbocycles. The van der Waals surface area contributed by atoms with E-state index in [4.69, 9.17) is 10.2 Å². The van der Waals surface area contributed by atoms with Crippen LogP contribution in [0.25, 0.3) is 11.1 Å². The molecule has 1 aromatic carbocycles. The molecular formula is C11H11N5O2. The van der Waals surface area contributed by atoms with Gasteiger partial charge in [0, 0.05) is 12.3 Å². The average molecular weight is 245 g/mol. The molecule has 0 aliphatic heterocycles. The summed E-state index contributed by atoms with van der Waals surface area (Å²) in [6.45, 7) is 0.567. The van der Waals surface area contributed by atoms with Gasteiger partial charge in [-0.1, -0.05) is 0 Å². The summed E-state index contributed by atoms with van der Waals surface area (Å²) in [5.74, 6) is -0.491. The van der Waals surface area contributed by atoms with E-state index in [1.807, 2.05) is 6.07 Å². The fourth-order valence-corrected chi connectivity index (χ4v) is 1.74. The Morgan fingerprint density at radius 3 is 3.11 bits per heavy atom. The topological polar surface area (TPSA) is 113 Å². The van der Waals surface area contributed by atoms with Gasteiger partial charge in [-0.25, -0.2) is 4.79 Å². The van der Waals surface area contributed by atoms with E-state index in [1.54, 1.807) is 18.3 Å². The molecule has 3 aromatic rings. The van der Waals surface area contributed by atoms with E-state index >= 15 is 0 Å². The van der Waals surface area contributed by atoms with Gasteiger partial charge in [0.25, 0.3) is 0 Å². The van der Waals surface area contributed by atoms with Crippen LogP contribution in [-0.4, -0.2) is 15.2 Å². The zero-order valence-corrected chi connectivity index (χ0v) is 9.36. The maximum atomic E-state index is 11.1. The van der Waals surface area contributed by atoms with Gasteiger partial charge in [-0.3, -0.25) is 10.1 Å². The Kier molecular flexibility index (Phi) is 2.30. The van der Waals surface area contributed by atoms with Crippen LogP contribution in [-0.2, 0) is 6.54 Å². The quantitative estimate of drug-likeness (QED) is 0.515. The molecule has 7 heteroatoms. The number of H-pyrrole nitrogens is 2. The molecule has 0 amide bonds. The van der Waals surface area contributed by atoms with Crippen molar-refractivity contribution in [3.05, 3.63) is 40.6 Å². The third-order valence-corrected chi connectivity index (χ3v) is 2.62. The smallest absolute Gasteiger partial charge is 0.408 e. The highest BCUT2D eigenvalue weighted by molar-refractivity contribution is 5.85. The van der Waals surface area contributed by atoms with Crippen molar-refractivity contribution < 1.29 is 4.42 Å². The van der Waals surface area contributed by atoms with E-state index in [-0.39, 0.29) is 0 Å². The summed E-state index contributed by atoms with van der Waals surface area (Å²) in [7, 11) is 0. The normalized spacial score (nSPS) is 10.9. The predicted octanol–water partition coefficient (Wildman–Crippen LogP) is 1.04. The second kappa shape index (κ2) is 3.95. The Morgan fingerprint density at radius 2 is 2.33 bits per heavy atom. The van der Waals surface area contributed by atoms with Crippen LogP contribution in [0.3, 0.4) is 0 Å². The van der Waals surface area contributed by atoms with Crippen molar-refractivity contribution in [3.63, 3.8) is 0 Å². The van der Waals surface area contributed by atoms with E-state index in [1.165, 1.54) is 0 Å². The minimum atomic E-state index is -0.491. The Hall–Kier alpha value is -2.70. The number of aromatic amines is 2. The van der Waals surface area contributed by atoms with Crippen LogP contribution < -0.4 is 16.8 Å². The predicted molar refractivity (Wildman–Crippen MR) is 67.2 cm³/mol. The third kappa shape index (κ3) is 1.81. The summed E-state index contributed by atoms with van der Waals surface area (Å²) >= 11 is 0. The Bertz CT molecular complexity index is 726. The van der Waals surface area contributed by atoms with E-state index in [0.29, 0.717) is 23.3 Å². The van der Waals surface area contributed by atoms with Crippen LogP contribution in [0, 0.1) is 0 Å². The van der Waals surface area contributed by atoms with Crippen molar-refractivity contribution in [2.75, 3.05) is 11.1 Å². The van der Waals surface area contributed by atoms with Gasteiger partial charge in [-0.15, -0.1) is 0 Å². The van der Waals surface area contributed by atoms with Crippen molar-refractivity contribution in [2.45, 2.75) is 6.54 Å². The van der Waals surface area contributed by atoms with Gasteiger partial charge in [-0.2, -0.15) is 5.10 Å². The number of nitrogens with zero attached hydrogens (tertiary/aromatic N) is 1. The van der Waals surface area contributed by atoms with Crippen molar-refractivity contribution in [3.8, 4) is 0 Å². The van der Waals surface area contributed by atoms with Crippen molar-refractivity contribution in [2.24, 2.45) is 0 Å². The van der Waals surface area contributed by atoms with Crippen molar-refractivity contribution in [1.82, 2.24) is 15.2 Å². The van der Waals surface area contributed by atoms with E-state index in [9.17, 15) is 4.79 Å². The van der Waals surface area contributed by atoms with E-state index < -0.39 is 5.76 Å². The molecule has 0 aliphatic rings. The van der Waals surface area contributed by atoms with Gasteiger partial charge in [0.2, 0.25) is 0 Å². The summed E-state index contributed by atoms with van der Waals surface area (Å²) in [6.07, 6.45) is 1.68. The van der Waals surface area contributed by atoms with Crippen LogP contribution in [0.15, 0.2) is 33.6 Å². The molecule has 2 aromatic heterocycles. The molecular weight excluding hydrogens is 234 g/mol. The summed E-state index contributed by atoms with van der Waals surface area (Å²) in [5.41, 5.74) is 9.12. The molecule has 0 radical (unpaired) electrons. The Labute approximate surface area is 101 Å². The zero-order chi connectivity index (χ0) is 12.5. The molecule has 3 rings (SSSR count). The lowest BCUT2D eigenvalue weighted by atomic mass is 10.2. The molecule has 18 heavy (non-hydrogen) atoms. The lowest BCUT2D eigenvalue weighted by Gasteiger charge is -2.07. The standard InChI is InChI=1S/C11H11N5O2/c12-7-3-10-9(15-11(17)18-10)4-8(7)13-5-6-1-2-14-16-6/h1-4,13H,5,12H2,(H,14,16)(H,15,17). The lowest BCUT2D eigenvalue weighted by molar-refractivity contribution is 0.555. The van der Waals surface area contributed by atoms with Gasteiger partial charge >= 0.3 is 5.76 Å². The minimum absolute atomic E-state index is 0.449. The molecule has 7 nitrogen and oxygen atoms in total.